The van der Waals surface area contributed by atoms with Crippen molar-refractivity contribution in [3.05, 3.63) is 64.4 Å². The van der Waals surface area contributed by atoms with Crippen LogP contribution in [0, 0.1) is 18.7 Å². The highest BCUT2D eigenvalue weighted by Crippen LogP contribution is 2.20. The average molecular weight is 412 g/mol. The highest BCUT2D eigenvalue weighted by Gasteiger charge is 2.22. The van der Waals surface area contributed by atoms with Crippen LogP contribution in [0.2, 0.25) is 0 Å². The topological polar surface area (TPSA) is 80.4 Å². The van der Waals surface area contributed by atoms with Gasteiger partial charge in [0.15, 0.2) is 0 Å². The summed E-state index contributed by atoms with van der Waals surface area (Å²) in [6.45, 7) is 4.73. The maximum Gasteiger partial charge on any atom is 0.261 e. The molecule has 0 atom stereocenters. The van der Waals surface area contributed by atoms with Gasteiger partial charge in [-0.3, -0.25) is 19.1 Å². The van der Waals surface area contributed by atoms with Crippen molar-refractivity contribution in [2.75, 3.05) is 19.6 Å². The molecule has 0 aliphatic carbocycles. The lowest BCUT2D eigenvalue weighted by Crippen LogP contribution is -2.42. The number of piperidine rings is 1. The molecule has 1 aromatic carbocycles. The molecule has 7 nitrogen and oxygen atoms in total. The molecule has 1 aliphatic rings. The van der Waals surface area contributed by atoms with Crippen molar-refractivity contribution in [1.82, 2.24) is 19.8 Å². The Balaban J connectivity index is 1.32. The maximum atomic E-state index is 13.4. The molecule has 3 heterocycles. The number of furan rings is 1. The second-order valence-electron chi connectivity index (χ2n) is 7.81. The van der Waals surface area contributed by atoms with Crippen LogP contribution >= 0.6 is 0 Å². The van der Waals surface area contributed by atoms with Crippen molar-refractivity contribution in [3.63, 3.8) is 0 Å². The van der Waals surface area contributed by atoms with E-state index in [4.69, 9.17) is 4.42 Å². The van der Waals surface area contributed by atoms with Crippen molar-refractivity contribution in [2.24, 2.45) is 5.92 Å². The van der Waals surface area contributed by atoms with E-state index in [1.54, 1.807) is 23.8 Å². The van der Waals surface area contributed by atoms with E-state index in [0.717, 1.165) is 31.7 Å². The van der Waals surface area contributed by atoms with Gasteiger partial charge in [-0.15, -0.1) is 0 Å². The SMILES string of the molecule is Cc1nc2cc(F)ccc2c(=O)n1CC1CCN(CC(=O)NCc2ccco2)CC1. The molecule has 1 saturated heterocycles. The van der Waals surface area contributed by atoms with Crippen LogP contribution in [0.1, 0.15) is 24.4 Å². The van der Waals surface area contributed by atoms with Crippen LogP contribution in [0.4, 0.5) is 4.39 Å². The molecule has 1 N–H and O–H groups in total. The van der Waals surface area contributed by atoms with Crippen molar-refractivity contribution >= 4 is 16.8 Å². The molecule has 0 unspecified atom stereocenters. The lowest BCUT2D eigenvalue weighted by atomic mass is 9.96. The lowest BCUT2D eigenvalue weighted by molar-refractivity contribution is -0.122. The van der Waals surface area contributed by atoms with Crippen LogP contribution in [-0.2, 0) is 17.9 Å². The Morgan fingerprint density at radius 3 is 2.83 bits per heavy atom. The third-order valence-corrected chi connectivity index (χ3v) is 5.66. The first-order chi connectivity index (χ1) is 14.5. The first-order valence-electron chi connectivity index (χ1n) is 10.2. The fourth-order valence-electron chi connectivity index (χ4n) is 3.96. The van der Waals surface area contributed by atoms with Gasteiger partial charge in [0.2, 0.25) is 5.91 Å². The third-order valence-electron chi connectivity index (χ3n) is 5.66. The summed E-state index contributed by atoms with van der Waals surface area (Å²) in [6.07, 6.45) is 3.39. The molecular formula is C22H25FN4O3. The Bertz CT molecular complexity index is 1090. The van der Waals surface area contributed by atoms with E-state index >= 15 is 0 Å². The summed E-state index contributed by atoms with van der Waals surface area (Å²) in [4.78, 5) is 31.5. The fourth-order valence-corrected chi connectivity index (χ4v) is 3.96. The van der Waals surface area contributed by atoms with Gasteiger partial charge in [-0.2, -0.15) is 0 Å². The number of benzene rings is 1. The minimum atomic E-state index is -0.396. The number of carbonyl (C=O) groups is 1. The molecule has 4 rings (SSSR count). The zero-order valence-electron chi connectivity index (χ0n) is 16.9. The van der Waals surface area contributed by atoms with Crippen LogP contribution in [0.15, 0.2) is 45.8 Å². The van der Waals surface area contributed by atoms with E-state index in [1.807, 2.05) is 6.07 Å². The Kier molecular flexibility index (Phi) is 5.94. The Morgan fingerprint density at radius 1 is 1.30 bits per heavy atom. The van der Waals surface area contributed by atoms with E-state index in [-0.39, 0.29) is 11.5 Å². The summed E-state index contributed by atoms with van der Waals surface area (Å²) in [6, 6.07) is 7.71. The van der Waals surface area contributed by atoms with E-state index in [1.165, 1.54) is 18.2 Å². The quantitative estimate of drug-likeness (QED) is 0.673. The fraction of sp³-hybridized carbons (Fsp3) is 0.409. The van der Waals surface area contributed by atoms with Gasteiger partial charge in [-0.1, -0.05) is 0 Å². The maximum absolute atomic E-state index is 13.4. The van der Waals surface area contributed by atoms with Crippen molar-refractivity contribution in [1.29, 1.82) is 0 Å². The summed E-state index contributed by atoms with van der Waals surface area (Å²) in [5.41, 5.74) is 0.265. The number of hydrogen-bond acceptors (Lipinski definition) is 5. The molecule has 1 aliphatic heterocycles. The standard InChI is InChI=1S/C22H25FN4O3/c1-15-25-20-11-17(23)4-5-19(20)22(29)27(15)13-16-6-8-26(9-7-16)14-21(28)24-12-18-3-2-10-30-18/h2-5,10-11,16H,6-9,12-14H2,1H3,(H,24,28). The van der Waals surface area contributed by atoms with Crippen LogP contribution in [0.25, 0.3) is 10.9 Å². The summed E-state index contributed by atoms with van der Waals surface area (Å²) >= 11 is 0. The minimum absolute atomic E-state index is 0.0251. The lowest BCUT2D eigenvalue weighted by Gasteiger charge is -2.32. The number of nitrogens with zero attached hydrogens (tertiary/aromatic N) is 3. The molecule has 3 aromatic rings. The molecule has 1 amide bonds. The van der Waals surface area contributed by atoms with Gasteiger partial charge in [0.1, 0.15) is 17.4 Å². The Hall–Kier alpha value is -3.00. The number of amides is 1. The Labute approximate surface area is 173 Å². The molecule has 0 radical (unpaired) electrons. The number of rotatable bonds is 6. The molecule has 1 fully saturated rings. The molecule has 0 spiro atoms. The van der Waals surface area contributed by atoms with Crippen LogP contribution < -0.4 is 10.9 Å². The molecule has 158 valence electrons. The van der Waals surface area contributed by atoms with E-state index in [0.29, 0.717) is 42.3 Å². The molecule has 8 heteroatoms. The van der Waals surface area contributed by atoms with Crippen LogP contribution in [0.3, 0.4) is 0 Å². The smallest absolute Gasteiger partial charge is 0.261 e. The second kappa shape index (κ2) is 8.79. The molecule has 0 saturated carbocycles. The van der Waals surface area contributed by atoms with E-state index in [9.17, 15) is 14.0 Å². The average Bonchev–Trinajstić information content (AvgIpc) is 3.24. The number of fused-ring (bicyclic) bond motifs is 1. The Morgan fingerprint density at radius 2 is 2.10 bits per heavy atom. The van der Waals surface area contributed by atoms with Gasteiger partial charge in [0.05, 0.1) is 30.3 Å². The van der Waals surface area contributed by atoms with Crippen molar-refractivity contribution < 1.29 is 13.6 Å². The van der Waals surface area contributed by atoms with E-state index in [2.05, 4.69) is 15.2 Å². The minimum Gasteiger partial charge on any atom is -0.467 e. The first-order valence-corrected chi connectivity index (χ1v) is 10.2. The second-order valence-corrected chi connectivity index (χ2v) is 7.81. The van der Waals surface area contributed by atoms with Crippen LogP contribution in [0.5, 0.6) is 0 Å². The monoisotopic (exact) mass is 412 g/mol. The number of aryl methyl sites for hydroxylation is 1. The number of aromatic nitrogens is 2. The highest BCUT2D eigenvalue weighted by atomic mass is 19.1. The van der Waals surface area contributed by atoms with E-state index < -0.39 is 5.82 Å². The number of nitrogens with one attached hydrogen (secondary N) is 1. The van der Waals surface area contributed by atoms with Gasteiger partial charge < -0.3 is 9.73 Å². The molecule has 0 bridgehead atoms. The molecule has 30 heavy (non-hydrogen) atoms. The molecule has 2 aromatic heterocycles. The first kappa shape index (κ1) is 20.3. The summed E-state index contributed by atoms with van der Waals surface area (Å²) in [5, 5.41) is 3.30. The summed E-state index contributed by atoms with van der Waals surface area (Å²) in [5.74, 6) is 1.24. The molecular weight excluding hydrogens is 387 g/mol. The predicted octanol–water partition coefficient (Wildman–Crippen LogP) is 2.47. The van der Waals surface area contributed by atoms with Crippen LogP contribution in [-0.4, -0.2) is 40.0 Å². The summed E-state index contributed by atoms with van der Waals surface area (Å²) in [7, 11) is 0. The van der Waals surface area contributed by atoms with Gasteiger partial charge in [-0.25, -0.2) is 9.37 Å². The van der Waals surface area contributed by atoms with Gasteiger partial charge in [-0.05, 0) is 63.0 Å². The number of carbonyl (C=O) groups excluding carboxylic acids is 1. The number of likely N-dealkylation sites (tertiary alicyclic amines) is 1. The third kappa shape index (κ3) is 4.59. The number of hydrogen-bond donors (Lipinski definition) is 1. The predicted molar refractivity (Wildman–Crippen MR) is 110 cm³/mol. The zero-order chi connectivity index (χ0) is 21.1. The summed E-state index contributed by atoms with van der Waals surface area (Å²) < 4.78 is 20.3. The van der Waals surface area contributed by atoms with Crippen molar-refractivity contribution in [2.45, 2.75) is 32.9 Å². The largest absolute Gasteiger partial charge is 0.467 e. The highest BCUT2D eigenvalue weighted by molar-refractivity contribution is 5.78. The van der Waals surface area contributed by atoms with Crippen molar-refractivity contribution in [3.8, 4) is 0 Å². The number of halogens is 1. The normalized spacial score (nSPS) is 15.5. The van der Waals surface area contributed by atoms with Gasteiger partial charge >= 0.3 is 0 Å². The zero-order valence-corrected chi connectivity index (χ0v) is 16.9. The van der Waals surface area contributed by atoms with Gasteiger partial charge in [0.25, 0.3) is 5.56 Å². The van der Waals surface area contributed by atoms with Gasteiger partial charge in [0, 0.05) is 12.6 Å².